The monoisotopic (exact) mass is 478 g/mol. The van der Waals surface area contributed by atoms with Gasteiger partial charge in [-0.3, -0.25) is 14.7 Å². The number of nitrogens with zero attached hydrogens (tertiary/aromatic N) is 4. The van der Waals surface area contributed by atoms with Crippen molar-refractivity contribution in [3.05, 3.63) is 111 Å². The third-order valence-corrected chi connectivity index (χ3v) is 6.42. The van der Waals surface area contributed by atoms with Crippen LogP contribution in [-0.4, -0.2) is 26.2 Å². The molecule has 1 aromatic heterocycles. The molecule has 0 aliphatic heterocycles. The van der Waals surface area contributed by atoms with E-state index in [2.05, 4.69) is 10.2 Å². The van der Waals surface area contributed by atoms with Crippen molar-refractivity contribution in [3.8, 4) is 11.4 Å². The third kappa shape index (κ3) is 5.43. The summed E-state index contributed by atoms with van der Waals surface area (Å²) in [6.45, 7) is 3.51. The van der Waals surface area contributed by atoms with Gasteiger partial charge in [0.05, 0.1) is 0 Å². The molecule has 0 aliphatic rings. The molecule has 1 heterocycles. The van der Waals surface area contributed by atoms with E-state index in [1.807, 2.05) is 42.7 Å². The van der Waals surface area contributed by atoms with Gasteiger partial charge in [-0.1, -0.05) is 65.9 Å². The second-order valence-corrected chi connectivity index (χ2v) is 8.91. The van der Waals surface area contributed by atoms with Crippen molar-refractivity contribution in [2.24, 2.45) is 0 Å². The van der Waals surface area contributed by atoms with E-state index in [1.54, 1.807) is 42.5 Å². The number of hydrogen-bond acceptors (Lipinski definition) is 6. The van der Waals surface area contributed by atoms with Crippen LogP contribution < -0.4 is 4.74 Å². The summed E-state index contributed by atoms with van der Waals surface area (Å²) in [6, 6.07) is 21.4. The molecule has 174 valence electrons. The lowest BCUT2D eigenvalue weighted by Crippen LogP contribution is -2.12. The predicted octanol–water partition coefficient (Wildman–Crippen LogP) is 5.71. The van der Waals surface area contributed by atoms with Gasteiger partial charge >= 0.3 is 0 Å². The summed E-state index contributed by atoms with van der Waals surface area (Å²) in [7, 11) is 0. The Morgan fingerprint density at radius 2 is 1.74 bits per heavy atom. The summed E-state index contributed by atoms with van der Waals surface area (Å²) in [5.74, 6) is 0.774. The molecule has 0 saturated carbocycles. The zero-order valence-corrected chi connectivity index (χ0v) is 19.5. The van der Waals surface area contributed by atoms with Gasteiger partial charge in [-0.2, -0.15) is 0 Å². The van der Waals surface area contributed by atoms with Crippen LogP contribution in [0.5, 0.6) is 5.75 Å². The largest absolute Gasteiger partial charge is 0.488 e. The molecule has 0 amide bonds. The lowest BCUT2D eigenvalue weighted by molar-refractivity contribution is -0.479. The Labute approximate surface area is 200 Å². The molecule has 9 heteroatoms. The first-order chi connectivity index (χ1) is 16.4. The highest BCUT2D eigenvalue weighted by Crippen LogP contribution is 2.40. The number of benzene rings is 3. The minimum Gasteiger partial charge on any atom is -0.488 e. The van der Waals surface area contributed by atoms with Crippen molar-refractivity contribution >= 4 is 11.8 Å². The van der Waals surface area contributed by atoms with Crippen LogP contribution in [0.2, 0.25) is 0 Å². The Kier molecular flexibility index (Phi) is 7.22. The van der Waals surface area contributed by atoms with Gasteiger partial charge in [-0.25, -0.2) is 4.39 Å². The number of aryl methyl sites for hydroxylation is 2. The highest BCUT2D eigenvalue weighted by molar-refractivity contribution is 7.99. The number of hydrogen-bond donors (Lipinski definition) is 0. The quantitative estimate of drug-likeness (QED) is 0.174. The molecule has 0 spiro atoms. The molecule has 3 aromatic carbocycles. The number of thioether (sulfide) groups is 1. The third-order valence-electron chi connectivity index (χ3n) is 5.26. The van der Waals surface area contributed by atoms with E-state index in [0.717, 1.165) is 11.3 Å². The van der Waals surface area contributed by atoms with Crippen molar-refractivity contribution in [1.82, 2.24) is 14.8 Å². The average molecular weight is 479 g/mol. The number of rotatable bonds is 9. The van der Waals surface area contributed by atoms with Crippen LogP contribution in [0, 0.1) is 29.8 Å². The van der Waals surface area contributed by atoms with Gasteiger partial charge in [0.2, 0.25) is 6.54 Å². The summed E-state index contributed by atoms with van der Waals surface area (Å²) in [5, 5.41) is 20.0. The van der Waals surface area contributed by atoms with Gasteiger partial charge < -0.3 is 4.74 Å². The Hall–Kier alpha value is -3.72. The maximum Gasteiger partial charge on any atom is 0.220 e. The van der Waals surface area contributed by atoms with Gasteiger partial charge in [-0.05, 0) is 38.1 Å². The van der Waals surface area contributed by atoms with Crippen LogP contribution in [0.1, 0.15) is 27.8 Å². The minimum atomic E-state index is -0.598. The van der Waals surface area contributed by atoms with E-state index in [9.17, 15) is 14.5 Å². The molecule has 0 radical (unpaired) electrons. The van der Waals surface area contributed by atoms with Crippen molar-refractivity contribution in [1.29, 1.82) is 0 Å². The van der Waals surface area contributed by atoms with E-state index < -0.39 is 5.25 Å². The number of halogens is 1. The Morgan fingerprint density at radius 1 is 1.03 bits per heavy atom. The fraction of sp³-hybridized carbons (Fsp3) is 0.200. The molecule has 0 N–H and O–H groups in total. The SMILES string of the molecule is Cc1ccc(-n2c(C)nnc2S[C@H](C[N+](=O)[O-])c2ccccc2OCc2ccccc2F)cc1. The topological polar surface area (TPSA) is 83.1 Å². The van der Waals surface area contributed by atoms with E-state index >= 15 is 0 Å². The van der Waals surface area contributed by atoms with Gasteiger partial charge in [0.1, 0.15) is 29.2 Å². The summed E-state index contributed by atoms with van der Waals surface area (Å²) >= 11 is 1.25. The van der Waals surface area contributed by atoms with Crippen molar-refractivity contribution < 1.29 is 14.1 Å². The second-order valence-electron chi connectivity index (χ2n) is 7.74. The Balaban J connectivity index is 1.65. The molecule has 7 nitrogen and oxygen atoms in total. The minimum absolute atomic E-state index is 0.0121. The first kappa shape index (κ1) is 23.4. The maximum atomic E-state index is 14.1. The van der Waals surface area contributed by atoms with E-state index in [0.29, 0.717) is 27.9 Å². The first-order valence-corrected chi connectivity index (χ1v) is 11.5. The molecular formula is C25H23FN4O3S. The van der Waals surface area contributed by atoms with Crippen LogP contribution in [0.4, 0.5) is 4.39 Å². The smallest absolute Gasteiger partial charge is 0.220 e. The van der Waals surface area contributed by atoms with Crippen molar-refractivity contribution in [2.45, 2.75) is 30.9 Å². The average Bonchev–Trinajstić information content (AvgIpc) is 3.18. The number of ether oxygens (including phenoxy) is 1. The number of aromatic nitrogens is 3. The van der Waals surface area contributed by atoms with Crippen LogP contribution >= 0.6 is 11.8 Å². The van der Waals surface area contributed by atoms with E-state index in [4.69, 9.17) is 4.74 Å². The standard InChI is InChI=1S/C25H23FN4O3S/c1-17-11-13-20(14-12-17)30-18(2)27-28-25(30)34-24(15-29(31)32)21-8-4-6-10-23(21)33-16-19-7-3-5-9-22(19)26/h3-14,24H,15-16H2,1-2H3/t24-/m1/s1. The van der Waals surface area contributed by atoms with Gasteiger partial charge in [0.25, 0.3) is 0 Å². The molecule has 0 unspecified atom stereocenters. The molecule has 0 bridgehead atoms. The summed E-state index contributed by atoms with van der Waals surface area (Å²) in [5.41, 5.74) is 3.04. The second kappa shape index (κ2) is 10.5. The normalized spacial score (nSPS) is 11.9. The zero-order valence-electron chi connectivity index (χ0n) is 18.7. The molecule has 0 aliphatic carbocycles. The molecule has 4 rings (SSSR count). The van der Waals surface area contributed by atoms with Crippen LogP contribution in [0.25, 0.3) is 5.69 Å². The maximum absolute atomic E-state index is 14.1. The fourth-order valence-corrected chi connectivity index (χ4v) is 4.72. The highest BCUT2D eigenvalue weighted by Gasteiger charge is 2.26. The summed E-state index contributed by atoms with van der Waals surface area (Å²) < 4.78 is 21.8. The molecule has 1 atom stereocenters. The first-order valence-electron chi connectivity index (χ1n) is 10.6. The predicted molar refractivity (Wildman–Crippen MR) is 128 cm³/mol. The van der Waals surface area contributed by atoms with E-state index in [1.165, 1.54) is 17.8 Å². The van der Waals surface area contributed by atoms with Gasteiger partial charge in [-0.15, -0.1) is 10.2 Å². The van der Waals surface area contributed by atoms with Crippen molar-refractivity contribution in [3.63, 3.8) is 0 Å². The zero-order chi connectivity index (χ0) is 24.1. The van der Waals surface area contributed by atoms with Crippen LogP contribution in [0.3, 0.4) is 0 Å². The molecular weight excluding hydrogens is 455 g/mol. The summed E-state index contributed by atoms with van der Waals surface area (Å²) in [6.07, 6.45) is 0. The summed E-state index contributed by atoms with van der Waals surface area (Å²) in [4.78, 5) is 11.2. The molecule has 34 heavy (non-hydrogen) atoms. The lowest BCUT2D eigenvalue weighted by atomic mass is 10.1. The van der Waals surface area contributed by atoms with Crippen molar-refractivity contribution in [2.75, 3.05) is 6.54 Å². The van der Waals surface area contributed by atoms with Crippen LogP contribution in [0.15, 0.2) is 78.0 Å². The molecule has 0 saturated heterocycles. The molecule has 4 aromatic rings. The van der Waals surface area contributed by atoms with E-state index in [-0.39, 0.29) is 23.9 Å². The van der Waals surface area contributed by atoms with Crippen LogP contribution in [-0.2, 0) is 6.61 Å². The van der Waals surface area contributed by atoms with Gasteiger partial charge in [0.15, 0.2) is 5.16 Å². The number of para-hydroxylation sites is 1. The number of nitro groups is 1. The Morgan fingerprint density at radius 3 is 2.47 bits per heavy atom. The lowest BCUT2D eigenvalue weighted by Gasteiger charge is -2.18. The highest BCUT2D eigenvalue weighted by atomic mass is 32.2. The Bertz CT molecular complexity index is 1290. The molecule has 0 fully saturated rings. The fourth-order valence-electron chi connectivity index (χ4n) is 3.52. The van der Waals surface area contributed by atoms with Gasteiger partial charge in [0, 0.05) is 21.7 Å².